The second-order valence-electron chi connectivity index (χ2n) is 5.51. The summed E-state index contributed by atoms with van der Waals surface area (Å²) in [7, 11) is 1.61. The van der Waals surface area contributed by atoms with Crippen LogP contribution in [0.3, 0.4) is 0 Å². The minimum absolute atomic E-state index is 0.379. The molecule has 0 aliphatic carbocycles. The van der Waals surface area contributed by atoms with Crippen molar-refractivity contribution in [3.8, 4) is 11.5 Å². The fourth-order valence-electron chi connectivity index (χ4n) is 2.22. The molecule has 2 aromatic carbocycles. The molecule has 1 atom stereocenters. The Balaban J connectivity index is 2.09. The molecule has 0 heterocycles. The Morgan fingerprint density at radius 2 is 2.04 bits per heavy atom. The van der Waals surface area contributed by atoms with E-state index in [4.69, 9.17) is 21.1 Å². The average Bonchev–Trinajstić information content (AvgIpc) is 2.53. The summed E-state index contributed by atoms with van der Waals surface area (Å²) in [5, 5.41) is 13.2. The summed E-state index contributed by atoms with van der Waals surface area (Å²) < 4.78 is 12.2. The van der Waals surface area contributed by atoms with Gasteiger partial charge in [0.1, 0.15) is 6.61 Å². The number of hydrogen-bond donors (Lipinski definition) is 2. The Morgan fingerprint density at radius 1 is 1.25 bits per heavy atom. The highest BCUT2D eigenvalue weighted by atomic mass is 79.9. The quantitative estimate of drug-likeness (QED) is 0.681. The highest BCUT2D eigenvalue weighted by Crippen LogP contribution is 2.37. The molecule has 24 heavy (non-hydrogen) atoms. The number of ether oxygens (including phenoxy) is 2. The van der Waals surface area contributed by atoms with Crippen LogP contribution in [0.1, 0.15) is 18.1 Å². The Morgan fingerprint density at radius 3 is 2.71 bits per heavy atom. The minimum atomic E-state index is -0.379. The van der Waals surface area contributed by atoms with Gasteiger partial charge in [-0.3, -0.25) is 0 Å². The lowest BCUT2D eigenvalue weighted by Crippen LogP contribution is -2.23. The van der Waals surface area contributed by atoms with E-state index < -0.39 is 0 Å². The average molecular weight is 415 g/mol. The highest BCUT2D eigenvalue weighted by molar-refractivity contribution is 9.10. The number of nitrogens with one attached hydrogen (secondary N) is 1. The smallest absolute Gasteiger partial charge is 0.175 e. The lowest BCUT2D eigenvalue weighted by atomic mass is 10.2. The second kappa shape index (κ2) is 9.28. The van der Waals surface area contributed by atoms with Crippen LogP contribution in [-0.2, 0) is 13.2 Å². The number of aliphatic hydroxyl groups excluding tert-OH is 1. The predicted molar refractivity (Wildman–Crippen MR) is 99.9 cm³/mol. The summed E-state index contributed by atoms with van der Waals surface area (Å²) >= 11 is 9.53. The molecule has 0 unspecified atom stereocenters. The van der Waals surface area contributed by atoms with Gasteiger partial charge in [-0.15, -0.1) is 0 Å². The SMILES string of the molecule is COc1cc(CNC[C@H](C)O)cc(Br)c1OCc1cccc(Cl)c1. The monoisotopic (exact) mass is 413 g/mol. The Hall–Kier alpha value is -1.27. The molecule has 0 saturated heterocycles. The van der Waals surface area contributed by atoms with Crippen LogP contribution in [0.4, 0.5) is 0 Å². The molecule has 2 rings (SSSR count). The van der Waals surface area contributed by atoms with Crippen LogP contribution in [0.5, 0.6) is 11.5 Å². The first kappa shape index (κ1) is 19.1. The van der Waals surface area contributed by atoms with Crippen LogP contribution in [0, 0.1) is 0 Å². The predicted octanol–water partition coefficient (Wildman–Crippen LogP) is 4.16. The van der Waals surface area contributed by atoms with E-state index in [9.17, 15) is 5.11 Å². The van der Waals surface area contributed by atoms with E-state index >= 15 is 0 Å². The van der Waals surface area contributed by atoms with Gasteiger partial charge in [0, 0.05) is 18.1 Å². The number of halogens is 2. The van der Waals surface area contributed by atoms with Crippen molar-refractivity contribution in [2.45, 2.75) is 26.2 Å². The molecule has 0 amide bonds. The van der Waals surface area contributed by atoms with Crippen molar-refractivity contribution >= 4 is 27.5 Å². The third kappa shape index (κ3) is 5.67. The largest absolute Gasteiger partial charge is 0.493 e. The Labute approximate surface area is 155 Å². The van der Waals surface area contributed by atoms with Crippen molar-refractivity contribution in [1.29, 1.82) is 0 Å². The Bertz CT molecular complexity index is 679. The van der Waals surface area contributed by atoms with E-state index in [2.05, 4.69) is 21.2 Å². The third-order valence-electron chi connectivity index (χ3n) is 3.33. The molecule has 2 N–H and O–H groups in total. The molecule has 2 aromatic rings. The van der Waals surface area contributed by atoms with Gasteiger partial charge in [-0.05, 0) is 58.2 Å². The van der Waals surface area contributed by atoms with Gasteiger partial charge in [0.2, 0.25) is 0 Å². The first-order chi connectivity index (χ1) is 11.5. The molecule has 0 radical (unpaired) electrons. The standard InChI is InChI=1S/C18H21BrClNO3/c1-12(22)9-21-10-14-7-16(19)18(17(8-14)23-2)24-11-13-4-3-5-15(20)6-13/h3-8,12,21-22H,9-11H2,1-2H3/t12-/m0/s1. The van der Waals surface area contributed by atoms with E-state index in [0.29, 0.717) is 36.2 Å². The van der Waals surface area contributed by atoms with E-state index in [0.717, 1.165) is 15.6 Å². The zero-order chi connectivity index (χ0) is 17.5. The molecular weight excluding hydrogens is 394 g/mol. The van der Waals surface area contributed by atoms with Crippen LogP contribution in [0.2, 0.25) is 5.02 Å². The fraction of sp³-hybridized carbons (Fsp3) is 0.333. The van der Waals surface area contributed by atoms with Gasteiger partial charge in [-0.1, -0.05) is 23.7 Å². The number of benzene rings is 2. The summed E-state index contributed by atoms with van der Waals surface area (Å²) in [5.74, 6) is 1.30. The molecule has 0 fully saturated rings. The molecule has 0 bridgehead atoms. The van der Waals surface area contributed by atoms with E-state index in [1.165, 1.54) is 0 Å². The molecular formula is C18H21BrClNO3. The van der Waals surface area contributed by atoms with Crippen LogP contribution >= 0.6 is 27.5 Å². The topological polar surface area (TPSA) is 50.7 Å². The minimum Gasteiger partial charge on any atom is -0.493 e. The first-order valence-corrected chi connectivity index (χ1v) is 8.79. The number of aliphatic hydroxyl groups is 1. The van der Waals surface area contributed by atoms with Crippen LogP contribution < -0.4 is 14.8 Å². The summed E-state index contributed by atoms with van der Waals surface area (Å²) in [6.07, 6.45) is -0.379. The zero-order valence-electron chi connectivity index (χ0n) is 13.7. The van der Waals surface area contributed by atoms with E-state index in [-0.39, 0.29) is 6.10 Å². The molecule has 130 valence electrons. The first-order valence-electron chi connectivity index (χ1n) is 7.62. The maximum atomic E-state index is 9.30. The van der Waals surface area contributed by atoms with Crippen LogP contribution in [-0.4, -0.2) is 24.9 Å². The lowest BCUT2D eigenvalue weighted by molar-refractivity contribution is 0.191. The highest BCUT2D eigenvalue weighted by Gasteiger charge is 2.12. The summed E-state index contributed by atoms with van der Waals surface area (Å²) in [5.41, 5.74) is 2.02. The summed E-state index contributed by atoms with van der Waals surface area (Å²) in [6.45, 7) is 3.31. The van der Waals surface area contributed by atoms with Gasteiger partial charge in [0.15, 0.2) is 11.5 Å². The third-order valence-corrected chi connectivity index (χ3v) is 4.15. The molecule has 4 nitrogen and oxygen atoms in total. The molecule has 0 aromatic heterocycles. The molecule has 0 saturated carbocycles. The second-order valence-corrected chi connectivity index (χ2v) is 6.80. The Kier molecular flexibility index (Phi) is 7.37. The van der Waals surface area contributed by atoms with Gasteiger partial charge in [-0.25, -0.2) is 0 Å². The van der Waals surface area contributed by atoms with Crippen molar-refractivity contribution in [1.82, 2.24) is 5.32 Å². The van der Waals surface area contributed by atoms with Crippen molar-refractivity contribution < 1.29 is 14.6 Å². The number of methoxy groups -OCH3 is 1. The van der Waals surface area contributed by atoms with Crippen LogP contribution in [0.25, 0.3) is 0 Å². The van der Waals surface area contributed by atoms with Crippen molar-refractivity contribution in [3.05, 3.63) is 57.0 Å². The fourth-order valence-corrected chi connectivity index (χ4v) is 3.04. The molecule has 0 spiro atoms. The van der Waals surface area contributed by atoms with E-state index in [1.807, 2.05) is 36.4 Å². The summed E-state index contributed by atoms with van der Waals surface area (Å²) in [4.78, 5) is 0. The number of hydrogen-bond acceptors (Lipinski definition) is 4. The lowest BCUT2D eigenvalue weighted by Gasteiger charge is -2.15. The van der Waals surface area contributed by atoms with Crippen molar-refractivity contribution in [3.63, 3.8) is 0 Å². The normalized spacial score (nSPS) is 12.0. The van der Waals surface area contributed by atoms with Crippen molar-refractivity contribution in [2.24, 2.45) is 0 Å². The maximum Gasteiger partial charge on any atom is 0.175 e. The molecule has 6 heteroatoms. The van der Waals surface area contributed by atoms with Crippen LogP contribution in [0.15, 0.2) is 40.9 Å². The van der Waals surface area contributed by atoms with E-state index in [1.54, 1.807) is 14.0 Å². The maximum absolute atomic E-state index is 9.30. The van der Waals surface area contributed by atoms with Gasteiger partial charge >= 0.3 is 0 Å². The number of rotatable bonds is 8. The summed E-state index contributed by atoms with van der Waals surface area (Å²) in [6, 6.07) is 11.5. The molecule has 0 aliphatic heterocycles. The van der Waals surface area contributed by atoms with Gasteiger partial charge in [0.25, 0.3) is 0 Å². The van der Waals surface area contributed by atoms with Gasteiger partial charge in [0.05, 0.1) is 17.7 Å². The molecule has 0 aliphatic rings. The zero-order valence-corrected chi connectivity index (χ0v) is 16.0. The van der Waals surface area contributed by atoms with Gasteiger partial charge < -0.3 is 19.9 Å². The van der Waals surface area contributed by atoms with Crippen molar-refractivity contribution in [2.75, 3.05) is 13.7 Å². The van der Waals surface area contributed by atoms with Gasteiger partial charge in [-0.2, -0.15) is 0 Å².